The number of ketones is 2. The number of amides is 2. The number of primary amides is 1. The van der Waals surface area contributed by atoms with Crippen molar-refractivity contribution >= 4 is 35.0 Å². The van der Waals surface area contributed by atoms with Gasteiger partial charge in [0.25, 0.3) is 5.91 Å². The molecule has 1 fully saturated rings. The number of nitrogens with two attached hydrogens (primary N) is 1. The molecule has 5 rings (SSSR count). The van der Waals surface area contributed by atoms with Gasteiger partial charge in [0, 0.05) is 43.4 Å². The van der Waals surface area contributed by atoms with Gasteiger partial charge in [-0.05, 0) is 49.9 Å². The first kappa shape index (κ1) is 29.6. The molecule has 0 bridgehead atoms. The molecule has 1 aromatic rings. The molecule has 1 saturated carbocycles. The second-order valence-corrected chi connectivity index (χ2v) is 13.4. The Labute approximate surface area is 244 Å². The van der Waals surface area contributed by atoms with Gasteiger partial charge in [-0.2, -0.15) is 0 Å². The summed E-state index contributed by atoms with van der Waals surface area (Å²) in [5, 5.41) is 34.7. The van der Waals surface area contributed by atoms with Crippen LogP contribution in [-0.2, 0) is 27.3 Å². The Balaban J connectivity index is 1.72. The van der Waals surface area contributed by atoms with E-state index in [-0.39, 0.29) is 41.7 Å². The zero-order valence-corrected chi connectivity index (χ0v) is 24.9. The standard InChI is InChI=1S/C30H38N4O8/c1-29(2,3)12-34-11-14-10-17(32(4)5)15-8-13-9-16-21(33(6)7)23(36)20(27(31)39)26(38)30(16,41)25(37)18(13)22(35)19(15)24(14)42-28(34)40/h10,13,16,21,35,38,41H,8-9,11-12H2,1-7H3,(H2,31,39)/t13?,16?,21-,30-/m0/s1. The summed E-state index contributed by atoms with van der Waals surface area (Å²) in [4.78, 5) is 57.7. The number of hydrogen-bond acceptors (Lipinski definition) is 10. The van der Waals surface area contributed by atoms with E-state index in [4.69, 9.17) is 10.5 Å². The summed E-state index contributed by atoms with van der Waals surface area (Å²) in [5.74, 6) is -6.27. The van der Waals surface area contributed by atoms with Crippen molar-refractivity contribution in [1.29, 1.82) is 0 Å². The van der Waals surface area contributed by atoms with Gasteiger partial charge in [0.1, 0.15) is 22.8 Å². The van der Waals surface area contributed by atoms with Crippen LogP contribution in [0.5, 0.6) is 5.75 Å². The maximum Gasteiger partial charge on any atom is 0.415 e. The molecular weight excluding hydrogens is 544 g/mol. The molecule has 0 aromatic heterocycles. The fourth-order valence-electron chi connectivity index (χ4n) is 7.08. The Kier molecular flexibility index (Phi) is 6.74. The molecule has 2 amide bonds. The minimum atomic E-state index is -2.68. The molecule has 4 atom stereocenters. The molecule has 226 valence electrons. The highest BCUT2D eigenvalue weighted by atomic mass is 16.6. The van der Waals surface area contributed by atoms with Crippen molar-refractivity contribution in [3.05, 3.63) is 39.7 Å². The number of rotatable bonds is 4. The molecule has 12 nitrogen and oxygen atoms in total. The van der Waals surface area contributed by atoms with Crippen LogP contribution in [0.1, 0.15) is 43.9 Å². The minimum Gasteiger partial charge on any atom is -0.508 e. The second kappa shape index (κ2) is 9.56. The van der Waals surface area contributed by atoms with E-state index < -0.39 is 64.1 Å². The van der Waals surface area contributed by atoms with Crippen molar-refractivity contribution in [2.24, 2.45) is 23.0 Å². The van der Waals surface area contributed by atoms with Gasteiger partial charge < -0.3 is 35.6 Å². The fourth-order valence-corrected chi connectivity index (χ4v) is 7.08. The second-order valence-electron chi connectivity index (χ2n) is 13.4. The average molecular weight is 583 g/mol. The van der Waals surface area contributed by atoms with E-state index in [1.807, 2.05) is 45.8 Å². The lowest BCUT2D eigenvalue weighted by Crippen LogP contribution is -2.65. The first-order chi connectivity index (χ1) is 19.4. The van der Waals surface area contributed by atoms with E-state index in [0.717, 1.165) is 5.69 Å². The van der Waals surface area contributed by atoms with Gasteiger partial charge in [0.05, 0.1) is 18.2 Å². The predicted octanol–water partition coefficient (Wildman–Crippen LogP) is 1.68. The summed E-state index contributed by atoms with van der Waals surface area (Å²) in [7, 11) is 6.84. The van der Waals surface area contributed by atoms with Crippen LogP contribution < -0.4 is 15.4 Å². The summed E-state index contributed by atoms with van der Waals surface area (Å²) in [6, 6.07) is 0.782. The highest BCUT2D eigenvalue weighted by Gasteiger charge is 2.64. The van der Waals surface area contributed by atoms with Crippen molar-refractivity contribution in [2.75, 3.05) is 39.6 Å². The average Bonchev–Trinajstić information content (AvgIpc) is 2.85. The van der Waals surface area contributed by atoms with Crippen LogP contribution in [0.15, 0.2) is 23.0 Å². The lowest BCUT2D eigenvalue weighted by Gasteiger charge is -2.50. The van der Waals surface area contributed by atoms with Crippen LogP contribution in [0.25, 0.3) is 5.76 Å². The minimum absolute atomic E-state index is 0.0366. The number of aliphatic hydroxyl groups is 3. The van der Waals surface area contributed by atoms with E-state index in [2.05, 4.69) is 0 Å². The van der Waals surface area contributed by atoms with Crippen LogP contribution >= 0.6 is 0 Å². The molecule has 2 unspecified atom stereocenters. The van der Waals surface area contributed by atoms with Crippen molar-refractivity contribution in [2.45, 2.75) is 51.8 Å². The van der Waals surface area contributed by atoms with Gasteiger partial charge in [-0.15, -0.1) is 0 Å². The zero-order valence-electron chi connectivity index (χ0n) is 24.9. The molecule has 5 N–H and O–H groups in total. The van der Waals surface area contributed by atoms with Crippen molar-refractivity contribution in [3.8, 4) is 5.75 Å². The van der Waals surface area contributed by atoms with Crippen molar-refractivity contribution in [3.63, 3.8) is 0 Å². The number of likely N-dealkylation sites (N-methyl/N-ethyl adjacent to an activating group) is 1. The summed E-state index contributed by atoms with van der Waals surface area (Å²) in [6.45, 7) is 6.67. The molecule has 0 saturated heterocycles. The third-order valence-electron chi connectivity index (χ3n) is 8.71. The predicted molar refractivity (Wildman–Crippen MR) is 153 cm³/mol. The maximum absolute atomic E-state index is 14.2. The molecule has 4 aliphatic rings. The van der Waals surface area contributed by atoms with E-state index >= 15 is 0 Å². The van der Waals surface area contributed by atoms with Gasteiger partial charge >= 0.3 is 6.09 Å². The Morgan fingerprint density at radius 1 is 1.17 bits per heavy atom. The molecular formula is C30H38N4O8. The number of ether oxygens (including phenoxy) is 1. The van der Waals surface area contributed by atoms with Crippen LogP contribution in [0.3, 0.4) is 0 Å². The first-order valence-electron chi connectivity index (χ1n) is 13.9. The number of fused-ring (bicyclic) bond motifs is 5. The van der Waals surface area contributed by atoms with E-state index in [9.17, 15) is 34.5 Å². The molecule has 1 aromatic carbocycles. The Morgan fingerprint density at radius 2 is 1.81 bits per heavy atom. The zero-order chi connectivity index (χ0) is 31.2. The summed E-state index contributed by atoms with van der Waals surface area (Å²) >= 11 is 0. The highest BCUT2D eigenvalue weighted by molar-refractivity contribution is 6.24. The summed E-state index contributed by atoms with van der Waals surface area (Å²) in [6.07, 6.45) is -0.315. The summed E-state index contributed by atoms with van der Waals surface area (Å²) in [5.41, 5.74) is 3.77. The van der Waals surface area contributed by atoms with Gasteiger partial charge in [-0.3, -0.25) is 19.3 Å². The smallest absolute Gasteiger partial charge is 0.415 e. The highest BCUT2D eigenvalue weighted by Crippen LogP contribution is 2.54. The van der Waals surface area contributed by atoms with Crippen molar-refractivity contribution in [1.82, 2.24) is 9.80 Å². The summed E-state index contributed by atoms with van der Waals surface area (Å²) < 4.78 is 5.80. The number of aliphatic hydroxyl groups excluding tert-OH is 2. The molecule has 1 aliphatic heterocycles. The van der Waals surface area contributed by atoms with E-state index in [1.54, 1.807) is 19.0 Å². The molecule has 3 aliphatic carbocycles. The largest absolute Gasteiger partial charge is 0.508 e. The maximum atomic E-state index is 14.2. The Hall–Kier alpha value is -3.90. The number of carbonyl (C=O) groups is 4. The number of carbonyl (C=O) groups excluding carboxylic acids is 4. The third kappa shape index (κ3) is 4.18. The molecule has 1 heterocycles. The topological polar surface area (TPSA) is 174 Å². The Morgan fingerprint density at radius 3 is 2.36 bits per heavy atom. The van der Waals surface area contributed by atoms with Gasteiger partial charge in [0.2, 0.25) is 5.78 Å². The molecule has 42 heavy (non-hydrogen) atoms. The normalized spacial score (nSPS) is 27.4. The lowest BCUT2D eigenvalue weighted by molar-refractivity contribution is -0.153. The fraction of sp³-hybridized carbons (Fsp3) is 0.533. The number of nitrogens with zero attached hydrogens (tertiary/aromatic N) is 3. The lowest BCUT2D eigenvalue weighted by atomic mass is 9.57. The number of hydrogen-bond donors (Lipinski definition) is 4. The SMILES string of the molecule is CN(C)c1cc2c(c3c1CC1CC4[C@H](N(C)C)C(=O)C(C(N)=O)=C(O)[C@@]4(O)C(=O)C1=C3O)OC(=O)N(CC(C)(C)C)C2. The number of anilines is 1. The van der Waals surface area contributed by atoms with Crippen LogP contribution in [0.4, 0.5) is 10.5 Å². The van der Waals surface area contributed by atoms with Crippen LogP contribution in [0, 0.1) is 17.3 Å². The number of benzene rings is 1. The van der Waals surface area contributed by atoms with E-state index in [1.165, 1.54) is 4.90 Å². The van der Waals surface area contributed by atoms with Crippen LogP contribution in [0.2, 0.25) is 0 Å². The van der Waals surface area contributed by atoms with Gasteiger partial charge in [-0.1, -0.05) is 20.8 Å². The Bertz CT molecular complexity index is 1500. The quantitative estimate of drug-likeness (QED) is 0.383. The van der Waals surface area contributed by atoms with Gasteiger partial charge in [-0.25, -0.2) is 4.79 Å². The third-order valence-corrected chi connectivity index (χ3v) is 8.71. The van der Waals surface area contributed by atoms with Crippen molar-refractivity contribution < 1.29 is 39.2 Å². The monoisotopic (exact) mass is 582 g/mol. The molecule has 12 heteroatoms. The van der Waals surface area contributed by atoms with Gasteiger partial charge in [0.15, 0.2) is 11.4 Å². The molecule has 0 spiro atoms. The van der Waals surface area contributed by atoms with E-state index in [0.29, 0.717) is 17.7 Å². The van der Waals surface area contributed by atoms with Crippen LogP contribution in [-0.4, -0.2) is 95.1 Å². The molecule has 0 radical (unpaired) electrons. The number of Topliss-reactive ketones (excluding diaryl/α,β-unsaturated/α-hetero) is 2. The first-order valence-corrected chi connectivity index (χ1v) is 13.9.